The maximum Gasteiger partial charge on any atom is 0.321 e. The van der Waals surface area contributed by atoms with Gasteiger partial charge in [0.25, 0.3) is 5.91 Å². The summed E-state index contributed by atoms with van der Waals surface area (Å²) in [6, 6.07) is 3.88. The van der Waals surface area contributed by atoms with E-state index in [1.165, 1.54) is 18.2 Å². The van der Waals surface area contributed by atoms with Gasteiger partial charge in [-0.25, -0.2) is 8.42 Å². The molecule has 0 aromatic heterocycles. The van der Waals surface area contributed by atoms with Crippen LogP contribution in [0.4, 0.5) is 0 Å². The molecular weight excluding hydrogens is 415 g/mol. The first kappa shape index (κ1) is 21.9. The Labute approximate surface area is 168 Å². The molecule has 0 bridgehead atoms. The van der Waals surface area contributed by atoms with Gasteiger partial charge in [-0.05, 0) is 49.8 Å². The minimum atomic E-state index is -3.96. The summed E-state index contributed by atoms with van der Waals surface area (Å²) >= 11 is 11.5. The highest BCUT2D eigenvalue weighted by Gasteiger charge is 2.21. The number of benzene rings is 1. The molecule has 1 aromatic rings. The highest BCUT2D eigenvalue weighted by molar-refractivity contribution is 7.89. The molecule has 2 rings (SSSR count). The second kappa shape index (κ2) is 9.73. The Morgan fingerprint density at radius 2 is 1.81 bits per heavy atom. The van der Waals surface area contributed by atoms with Gasteiger partial charge in [-0.2, -0.15) is 4.72 Å². The van der Waals surface area contributed by atoms with Crippen molar-refractivity contribution in [1.82, 2.24) is 10.0 Å². The molecule has 1 aliphatic rings. The van der Waals surface area contributed by atoms with Crippen molar-refractivity contribution in [2.45, 2.75) is 43.5 Å². The molecule has 0 atom stereocenters. The molecule has 2 N–H and O–H groups in total. The Balaban J connectivity index is 1.75. The summed E-state index contributed by atoms with van der Waals surface area (Å²) in [7, 11) is -3.96. The molecule has 1 saturated carbocycles. The zero-order valence-electron chi connectivity index (χ0n) is 14.8. The Morgan fingerprint density at radius 1 is 1.15 bits per heavy atom. The van der Waals surface area contributed by atoms with E-state index in [9.17, 15) is 18.0 Å². The van der Waals surface area contributed by atoms with Gasteiger partial charge in [-0.3, -0.25) is 9.59 Å². The van der Waals surface area contributed by atoms with Crippen molar-refractivity contribution in [3.63, 3.8) is 0 Å². The topological polar surface area (TPSA) is 102 Å². The van der Waals surface area contributed by atoms with E-state index in [4.69, 9.17) is 27.9 Å². The highest BCUT2D eigenvalue weighted by atomic mass is 35.5. The van der Waals surface area contributed by atoms with Crippen molar-refractivity contribution in [1.29, 1.82) is 0 Å². The molecule has 1 aliphatic carbocycles. The largest absolute Gasteiger partial charge is 0.455 e. The van der Waals surface area contributed by atoms with Gasteiger partial charge in [0.1, 0.15) is 6.54 Å². The average Bonchev–Trinajstić information content (AvgIpc) is 2.62. The molecule has 0 spiro atoms. The van der Waals surface area contributed by atoms with E-state index in [1.807, 2.05) is 0 Å². The molecular formula is C17H22Cl2N2O5S. The van der Waals surface area contributed by atoms with E-state index in [-0.39, 0.29) is 21.0 Å². The quantitative estimate of drug-likeness (QED) is 0.639. The summed E-state index contributed by atoms with van der Waals surface area (Å²) in [6.45, 7) is 1.13. The minimum absolute atomic E-state index is 0.0795. The summed E-state index contributed by atoms with van der Waals surface area (Å²) in [5.74, 6) is -0.583. The van der Waals surface area contributed by atoms with Crippen LogP contribution in [0.25, 0.3) is 0 Å². The lowest BCUT2D eigenvalue weighted by Crippen LogP contribution is -2.40. The third-order valence-corrected chi connectivity index (χ3v) is 6.49. The number of hydrogen-bond donors (Lipinski definition) is 2. The van der Waals surface area contributed by atoms with Crippen LogP contribution >= 0.6 is 23.2 Å². The van der Waals surface area contributed by atoms with Gasteiger partial charge in [-0.15, -0.1) is 0 Å². The lowest BCUT2D eigenvalue weighted by molar-refractivity contribution is -0.147. The van der Waals surface area contributed by atoms with Crippen molar-refractivity contribution in [3.8, 4) is 0 Å². The zero-order chi connectivity index (χ0) is 20.0. The summed E-state index contributed by atoms with van der Waals surface area (Å²) in [6.07, 6.45) is 3.93. The number of esters is 1. The number of halogens is 2. The number of rotatable bonds is 7. The molecule has 1 amide bonds. The van der Waals surface area contributed by atoms with Crippen LogP contribution in [0, 0.1) is 5.92 Å². The maximum absolute atomic E-state index is 12.1. The Bertz CT molecular complexity index is 793. The predicted octanol–water partition coefficient (Wildman–Crippen LogP) is 2.51. The first-order valence-corrected chi connectivity index (χ1v) is 10.8. The summed E-state index contributed by atoms with van der Waals surface area (Å²) < 4.78 is 31.2. The third kappa shape index (κ3) is 6.95. The van der Waals surface area contributed by atoms with Gasteiger partial charge < -0.3 is 10.1 Å². The molecule has 0 radical (unpaired) electrons. The molecule has 1 aromatic carbocycles. The van der Waals surface area contributed by atoms with Crippen molar-refractivity contribution < 1.29 is 22.7 Å². The first-order chi connectivity index (χ1) is 12.7. The highest BCUT2D eigenvalue weighted by Crippen LogP contribution is 2.25. The van der Waals surface area contributed by atoms with Crippen molar-refractivity contribution in [2.24, 2.45) is 5.92 Å². The number of carbonyl (C=O) groups is 2. The fourth-order valence-electron chi connectivity index (χ4n) is 2.75. The lowest BCUT2D eigenvalue weighted by atomic mass is 9.87. The second-order valence-electron chi connectivity index (χ2n) is 6.59. The van der Waals surface area contributed by atoms with E-state index in [2.05, 4.69) is 17.0 Å². The Morgan fingerprint density at radius 3 is 2.44 bits per heavy atom. The summed E-state index contributed by atoms with van der Waals surface area (Å²) in [5.41, 5.74) is 0. The van der Waals surface area contributed by atoms with Crippen molar-refractivity contribution >= 4 is 45.1 Å². The summed E-state index contributed by atoms with van der Waals surface area (Å²) in [4.78, 5) is 23.4. The van der Waals surface area contributed by atoms with Crippen LogP contribution in [-0.4, -0.2) is 39.5 Å². The molecule has 0 saturated heterocycles. The standard InChI is InChI=1S/C17H22Cl2N2O5S/c1-11-2-4-12(5-3-11)21-16(22)10-26-17(23)9-20-27(24,25)13-6-7-14(18)15(19)8-13/h6-8,11-12,20H,2-5,9-10H2,1H3,(H,21,22). The monoisotopic (exact) mass is 436 g/mol. The van der Waals surface area contributed by atoms with E-state index in [1.54, 1.807) is 0 Å². The first-order valence-electron chi connectivity index (χ1n) is 8.57. The normalized spacial score (nSPS) is 20.1. The molecule has 7 nitrogen and oxygen atoms in total. The Hall–Kier alpha value is -1.35. The van der Waals surface area contributed by atoms with Crippen LogP contribution in [0.1, 0.15) is 32.6 Å². The van der Waals surface area contributed by atoms with Crippen LogP contribution < -0.4 is 10.0 Å². The van der Waals surface area contributed by atoms with Crippen LogP contribution in [0.2, 0.25) is 10.0 Å². The molecule has 150 valence electrons. The number of amides is 1. The van der Waals surface area contributed by atoms with Gasteiger partial charge in [0.2, 0.25) is 10.0 Å². The SMILES string of the molecule is CC1CCC(NC(=O)COC(=O)CNS(=O)(=O)c2ccc(Cl)c(Cl)c2)CC1. The fraction of sp³-hybridized carbons (Fsp3) is 0.529. The third-order valence-electron chi connectivity index (χ3n) is 4.35. The van der Waals surface area contributed by atoms with Crippen LogP contribution in [-0.2, 0) is 24.3 Å². The number of carbonyl (C=O) groups excluding carboxylic acids is 2. The smallest absolute Gasteiger partial charge is 0.321 e. The molecule has 1 fully saturated rings. The zero-order valence-corrected chi connectivity index (χ0v) is 17.2. The molecule has 10 heteroatoms. The fourth-order valence-corrected chi connectivity index (χ4v) is 4.11. The predicted molar refractivity (Wildman–Crippen MR) is 102 cm³/mol. The van der Waals surface area contributed by atoms with Crippen molar-refractivity contribution in [2.75, 3.05) is 13.2 Å². The van der Waals surface area contributed by atoms with Gasteiger partial charge in [0.05, 0.1) is 14.9 Å². The van der Waals surface area contributed by atoms with Crippen molar-refractivity contribution in [3.05, 3.63) is 28.2 Å². The number of sulfonamides is 1. The van der Waals surface area contributed by atoms with E-state index >= 15 is 0 Å². The number of ether oxygens (including phenoxy) is 1. The minimum Gasteiger partial charge on any atom is -0.455 e. The molecule has 0 aliphatic heterocycles. The van der Waals surface area contributed by atoms with E-state index in [0.717, 1.165) is 25.7 Å². The van der Waals surface area contributed by atoms with Gasteiger partial charge >= 0.3 is 5.97 Å². The number of nitrogens with one attached hydrogen (secondary N) is 2. The number of hydrogen-bond acceptors (Lipinski definition) is 5. The molecule has 27 heavy (non-hydrogen) atoms. The van der Waals surface area contributed by atoms with Gasteiger partial charge in [-0.1, -0.05) is 30.1 Å². The van der Waals surface area contributed by atoms with E-state index < -0.39 is 35.1 Å². The van der Waals surface area contributed by atoms with Crippen LogP contribution in [0.15, 0.2) is 23.1 Å². The van der Waals surface area contributed by atoms with Gasteiger partial charge in [0, 0.05) is 6.04 Å². The molecule has 0 unspecified atom stereocenters. The lowest BCUT2D eigenvalue weighted by Gasteiger charge is -2.26. The Kier molecular flexibility index (Phi) is 7.91. The molecule has 0 heterocycles. The summed E-state index contributed by atoms with van der Waals surface area (Å²) in [5, 5.41) is 3.12. The van der Waals surface area contributed by atoms with Gasteiger partial charge in [0.15, 0.2) is 6.61 Å². The second-order valence-corrected chi connectivity index (χ2v) is 9.17. The average molecular weight is 437 g/mol. The van der Waals surface area contributed by atoms with Crippen LogP contribution in [0.5, 0.6) is 0 Å². The maximum atomic E-state index is 12.1. The van der Waals surface area contributed by atoms with E-state index in [0.29, 0.717) is 5.92 Å². The van der Waals surface area contributed by atoms with Crippen LogP contribution in [0.3, 0.4) is 0 Å².